The summed E-state index contributed by atoms with van der Waals surface area (Å²) in [5.74, 6) is 0.732. The summed E-state index contributed by atoms with van der Waals surface area (Å²) in [7, 11) is 2.17. The first kappa shape index (κ1) is 18.0. The van der Waals surface area contributed by atoms with Crippen molar-refractivity contribution in [1.29, 1.82) is 0 Å². The van der Waals surface area contributed by atoms with E-state index in [-0.39, 0.29) is 0 Å². The van der Waals surface area contributed by atoms with E-state index in [0.717, 1.165) is 70.8 Å². The molecule has 0 bridgehead atoms. The van der Waals surface area contributed by atoms with E-state index in [0.29, 0.717) is 0 Å². The molecule has 8 heteroatoms. The van der Waals surface area contributed by atoms with Crippen LogP contribution in [0.2, 0.25) is 0 Å². The Morgan fingerprint density at radius 2 is 1.77 bits per heavy atom. The number of aromatic amines is 2. The molecular weight excluding hydrogens is 388 g/mol. The van der Waals surface area contributed by atoms with E-state index in [1.54, 1.807) is 12.4 Å². The number of piperazine rings is 1. The molecule has 1 fully saturated rings. The van der Waals surface area contributed by atoms with Gasteiger partial charge in [-0.1, -0.05) is 6.07 Å². The molecule has 31 heavy (non-hydrogen) atoms. The number of benzene rings is 1. The first-order valence-corrected chi connectivity index (χ1v) is 10.4. The van der Waals surface area contributed by atoms with Gasteiger partial charge in [-0.3, -0.25) is 15.1 Å². The van der Waals surface area contributed by atoms with Gasteiger partial charge in [0.15, 0.2) is 5.82 Å². The molecule has 1 saturated heterocycles. The van der Waals surface area contributed by atoms with Crippen molar-refractivity contribution in [3.8, 4) is 22.6 Å². The van der Waals surface area contributed by atoms with E-state index in [9.17, 15) is 0 Å². The molecule has 0 atom stereocenters. The Morgan fingerprint density at radius 3 is 2.65 bits per heavy atom. The van der Waals surface area contributed by atoms with Crippen molar-refractivity contribution in [3.05, 3.63) is 55.1 Å². The SMILES string of the molecule is CN1CCN(c2cncc(-c3ccc4[nH]nc(-c5nc6ccncc6[nH]5)c4c3)c2)CC1. The van der Waals surface area contributed by atoms with E-state index in [4.69, 9.17) is 0 Å². The predicted molar refractivity (Wildman–Crippen MR) is 122 cm³/mol. The number of hydrogen-bond acceptors (Lipinski definition) is 6. The Bertz CT molecular complexity index is 1340. The predicted octanol–water partition coefficient (Wildman–Crippen LogP) is 3.32. The van der Waals surface area contributed by atoms with Gasteiger partial charge in [-0.05, 0) is 36.9 Å². The van der Waals surface area contributed by atoms with E-state index >= 15 is 0 Å². The molecule has 0 saturated carbocycles. The standard InChI is InChI=1S/C23H22N8/c1-30-6-8-31(9-7-30)17-10-16(12-25-13-17)15-2-3-19-18(11-15)22(29-28-19)23-26-20-4-5-24-14-21(20)27-23/h2-5,10-14H,6-9H2,1H3,(H,26,27)(H,28,29). The molecule has 1 aliphatic heterocycles. The summed E-state index contributed by atoms with van der Waals surface area (Å²) in [5, 5.41) is 8.67. The number of anilines is 1. The minimum Gasteiger partial charge on any atom is -0.368 e. The van der Waals surface area contributed by atoms with Crippen LogP contribution in [0.15, 0.2) is 55.1 Å². The molecular formula is C23H22N8. The monoisotopic (exact) mass is 410 g/mol. The van der Waals surface area contributed by atoms with Gasteiger partial charge in [-0.2, -0.15) is 5.10 Å². The van der Waals surface area contributed by atoms with Gasteiger partial charge in [-0.25, -0.2) is 4.98 Å². The van der Waals surface area contributed by atoms with Crippen molar-refractivity contribution < 1.29 is 0 Å². The van der Waals surface area contributed by atoms with Gasteiger partial charge < -0.3 is 14.8 Å². The highest BCUT2D eigenvalue weighted by atomic mass is 15.2. The number of rotatable bonds is 3. The van der Waals surface area contributed by atoms with Crippen LogP contribution in [0.25, 0.3) is 44.6 Å². The molecule has 0 aliphatic carbocycles. The number of nitrogens with zero attached hydrogens (tertiary/aromatic N) is 6. The third kappa shape index (κ3) is 3.21. The highest BCUT2D eigenvalue weighted by Gasteiger charge is 2.16. The Kier molecular flexibility index (Phi) is 4.17. The van der Waals surface area contributed by atoms with E-state index in [2.05, 4.69) is 71.2 Å². The Morgan fingerprint density at radius 1 is 0.871 bits per heavy atom. The third-order valence-electron chi connectivity index (χ3n) is 6.00. The molecule has 4 aromatic heterocycles. The largest absolute Gasteiger partial charge is 0.368 e. The lowest BCUT2D eigenvalue weighted by Crippen LogP contribution is -2.44. The van der Waals surface area contributed by atoms with Crippen LogP contribution in [0, 0.1) is 0 Å². The molecule has 0 spiro atoms. The van der Waals surface area contributed by atoms with Crippen molar-refractivity contribution in [2.45, 2.75) is 0 Å². The van der Waals surface area contributed by atoms with Gasteiger partial charge in [0.05, 0.1) is 34.6 Å². The van der Waals surface area contributed by atoms with Crippen LogP contribution in [0.3, 0.4) is 0 Å². The van der Waals surface area contributed by atoms with Gasteiger partial charge in [0.2, 0.25) is 0 Å². The van der Waals surface area contributed by atoms with E-state index < -0.39 is 0 Å². The minimum absolute atomic E-state index is 0.732. The van der Waals surface area contributed by atoms with Gasteiger partial charge in [0, 0.05) is 49.5 Å². The third-order valence-corrected chi connectivity index (χ3v) is 6.00. The van der Waals surface area contributed by atoms with Crippen molar-refractivity contribution in [3.63, 3.8) is 0 Å². The molecule has 0 unspecified atom stereocenters. The molecule has 6 rings (SSSR count). The molecule has 154 valence electrons. The van der Waals surface area contributed by atoms with Crippen molar-refractivity contribution >= 4 is 27.6 Å². The van der Waals surface area contributed by atoms with Crippen LogP contribution < -0.4 is 4.90 Å². The second-order valence-corrected chi connectivity index (χ2v) is 8.03. The number of aromatic nitrogens is 6. The fourth-order valence-corrected chi connectivity index (χ4v) is 4.17. The number of likely N-dealkylation sites (N-methyl/N-ethyl adjacent to an activating group) is 1. The summed E-state index contributed by atoms with van der Waals surface area (Å²) in [5.41, 5.74) is 6.92. The number of H-pyrrole nitrogens is 2. The molecule has 5 heterocycles. The number of fused-ring (bicyclic) bond motifs is 2. The quantitative estimate of drug-likeness (QED) is 0.474. The molecule has 1 aromatic carbocycles. The maximum absolute atomic E-state index is 4.69. The Balaban J connectivity index is 1.39. The van der Waals surface area contributed by atoms with Crippen molar-refractivity contribution in [2.75, 3.05) is 38.1 Å². The van der Waals surface area contributed by atoms with Crippen LogP contribution in [-0.2, 0) is 0 Å². The lowest BCUT2D eigenvalue weighted by molar-refractivity contribution is 0.313. The summed E-state index contributed by atoms with van der Waals surface area (Å²) >= 11 is 0. The van der Waals surface area contributed by atoms with Gasteiger partial charge in [0.1, 0.15) is 5.69 Å². The smallest absolute Gasteiger partial charge is 0.159 e. The van der Waals surface area contributed by atoms with Crippen LogP contribution in [0.4, 0.5) is 5.69 Å². The van der Waals surface area contributed by atoms with Gasteiger partial charge in [-0.15, -0.1) is 0 Å². The summed E-state index contributed by atoms with van der Waals surface area (Å²) in [6.45, 7) is 4.18. The normalized spacial score (nSPS) is 15.2. The molecule has 1 aliphatic rings. The maximum Gasteiger partial charge on any atom is 0.159 e. The maximum atomic E-state index is 4.69. The molecule has 2 N–H and O–H groups in total. The lowest BCUT2D eigenvalue weighted by atomic mass is 10.0. The lowest BCUT2D eigenvalue weighted by Gasteiger charge is -2.34. The van der Waals surface area contributed by atoms with E-state index in [1.165, 1.54) is 5.69 Å². The summed E-state index contributed by atoms with van der Waals surface area (Å²) in [4.78, 5) is 21.5. The van der Waals surface area contributed by atoms with Crippen LogP contribution in [-0.4, -0.2) is 68.3 Å². The Labute approximate surface area is 179 Å². The fourth-order valence-electron chi connectivity index (χ4n) is 4.17. The topological polar surface area (TPSA) is 89.6 Å². The zero-order chi connectivity index (χ0) is 20.8. The van der Waals surface area contributed by atoms with Crippen molar-refractivity contribution in [1.82, 2.24) is 35.0 Å². The van der Waals surface area contributed by atoms with Gasteiger partial charge in [0.25, 0.3) is 0 Å². The number of nitrogens with one attached hydrogen (secondary N) is 2. The first-order chi connectivity index (χ1) is 15.2. The number of imidazole rings is 1. The average molecular weight is 410 g/mol. The zero-order valence-corrected chi connectivity index (χ0v) is 17.2. The van der Waals surface area contributed by atoms with Crippen LogP contribution in [0.1, 0.15) is 0 Å². The summed E-state index contributed by atoms with van der Waals surface area (Å²) in [6.07, 6.45) is 7.40. The second kappa shape index (κ2) is 7.17. The first-order valence-electron chi connectivity index (χ1n) is 10.4. The average Bonchev–Trinajstić information content (AvgIpc) is 3.43. The van der Waals surface area contributed by atoms with E-state index in [1.807, 2.05) is 18.5 Å². The highest BCUT2D eigenvalue weighted by molar-refractivity contribution is 5.95. The molecule has 0 radical (unpaired) electrons. The zero-order valence-electron chi connectivity index (χ0n) is 17.2. The molecule has 0 amide bonds. The summed E-state index contributed by atoms with van der Waals surface area (Å²) < 4.78 is 0. The van der Waals surface area contributed by atoms with Crippen molar-refractivity contribution in [2.24, 2.45) is 0 Å². The highest BCUT2D eigenvalue weighted by Crippen LogP contribution is 2.31. The molecule has 5 aromatic rings. The minimum atomic E-state index is 0.732. The second-order valence-electron chi connectivity index (χ2n) is 8.03. The summed E-state index contributed by atoms with van der Waals surface area (Å²) in [6, 6.07) is 10.5. The van der Waals surface area contributed by atoms with Crippen LogP contribution >= 0.6 is 0 Å². The molecule has 8 nitrogen and oxygen atoms in total. The van der Waals surface area contributed by atoms with Gasteiger partial charge >= 0.3 is 0 Å². The Hall–Kier alpha value is -3.78. The fraction of sp³-hybridized carbons (Fsp3) is 0.217. The number of hydrogen-bond donors (Lipinski definition) is 2. The van der Waals surface area contributed by atoms with Crippen LogP contribution in [0.5, 0.6) is 0 Å². The number of pyridine rings is 2.